The van der Waals surface area contributed by atoms with Gasteiger partial charge in [-0.25, -0.2) is 0 Å². The molecule has 0 aromatic carbocycles. The van der Waals surface area contributed by atoms with Gasteiger partial charge in [-0.1, -0.05) is 5.16 Å². The summed E-state index contributed by atoms with van der Waals surface area (Å²) in [6.07, 6.45) is 1.32. The molecule has 21 heavy (non-hydrogen) atoms. The fraction of sp³-hybridized carbons (Fsp3) is 0.733. The van der Waals surface area contributed by atoms with Gasteiger partial charge < -0.3 is 15.2 Å². The van der Waals surface area contributed by atoms with E-state index in [2.05, 4.69) is 10.1 Å². The Kier molecular flexibility index (Phi) is 5.36. The molecule has 2 heterocycles. The molecular formula is C15H26N4O2. The van der Waals surface area contributed by atoms with E-state index in [1.165, 1.54) is 5.56 Å². The number of carbonyl (C=O) groups is 1. The maximum atomic E-state index is 12.1. The molecule has 1 aromatic heterocycles. The molecule has 1 unspecified atom stereocenters. The minimum atomic E-state index is 0.0924. The summed E-state index contributed by atoms with van der Waals surface area (Å²) in [6.45, 7) is 10.1. The minimum Gasteiger partial charge on any atom is -0.361 e. The van der Waals surface area contributed by atoms with Gasteiger partial charge in [0.25, 0.3) is 0 Å². The summed E-state index contributed by atoms with van der Waals surface area (Å²) in [7, 11) is 0. The lowest BCUT2D eigenvalue weighted by atomic mass is 10.1. The molecule has 0 bridgehead atoms. The molecule has 1 aliphatic heterocycles. The van der Waals surface area contributed by atoms with Gasteiger partial charge in [-0.15, -0.1) is 0 Å². The van der Waals surface area contributed by atoms with E-state index in [1.54, 1.807) is 0 Å². The van der Waals surface area contributed by atoms with Crippen molar-refractivity contribution in [3.63, 3.8) is 0 Å². The summed E-state index contributed by atoms with van der Waals surface area (Å²) in [5, 5.41) is 3.99. The van der Waals surface area contributed by atoms with Crippen molar-refractivity contribution in [1.82, 2.24) is 15.0 Å². The third-order valence-electron chi connectivity index (χ3n) is 4.10. The molecule has 6 heteroatoms. The van der Waals surface area contributed by atoms with E-state index in [9.17, 15) is 4.79 Å². The Morgan fingerprint density at radius 2 is 2.00 bits per heavy atom. The fourth-order valence-corrected chi connectivity index (χ4v) is 2.62. The van der Waals surface area contributed by atoms with Crippen molar-refractivity contribution in [1.29, 1.82) is 0 Å². The lowest BCUT2D eigenvalue weighted by Gasteiger charge is -2.34. The Hall–Kier alpha value is -1.40. The highest BCUT2D eigenvalue weighted by Gasteiger charge is 2.22. The molecule has 6 nitrogen and oxygen atoms in total. The Labute approximate surface area is 126 Å². The molecule has 1 amide bonds. The number of amides is 1. The van der Waals surface area contributed by atoms with E-state index in [0.29, 0.717) is 6.42 Å². The lowest BCUT2D eigenvalue weighted by Crippen LogP contribution is -2.48. The van der Waals surface area contributed by atoms with Gasteiger partial charge in [0.1, 0.15) is 5.76 Å². The van der Waals surface area contributed by atoms with Gasteiger partial charge in [0, 0.05) is 50.7 Å². The number of carbonyl (C=O) groups excluding carboxylic acids is 1. The first-order valence-electron chi connectivity index (χ1n) is 7.65. The van der Waals surface area contributed by atoms with E-state index >= 15 is 0 Å². The smallest absolute Gasteiger partial charge is 0.222 e. The second-order valence-electron chi connectivity index (χ2n) is 5.98. The normalized spacial score (nSPS) is 18.0. The number of piperazine rings is 1. The van der Waals surface area contributed by atoms with Crippen molar-refractivity contribution in [3.05, 3.63) is 17.0 Å². The molecule has 2 N–H and O–H groups in total. The van der Waals surface area contributed by atoms with Gasteiger partial charge in [-0.2, -0.15) is 0 Å². The molecule has 0 spiro atoms. The molecule has 1 fully saturated rings. The summed E-state index contributed by atoms with van der Waals surface area (Å²) in [6, 6.07) is 0.0924. The van der Waals surface area contributed by atoms with Crippen LogP contribution in [0.3, 0.4) is 0 Å². The molecule has 1 aromatic rings. The van der Waals surface area contributed by atoms with E-state index in [-0.39, 0.29) is 11.9 Å². The highest BCUT2D eigenvalue weighted by molar-refractivity contribution is 5.76. The van der Waals surface area contributed by atoms with E-state index in [1.807, 2.05) is 25.7 Å². The highest BCUT2D eigenvalue weighted by Crippen LogP contribution is 2.16. The predicted molar refractivity (Wildman–Crippen MR) is 80.7 cm³/mol. The monoisotopic (exact) mass is 294 g/mol. The SMILES string of the molecule is Cc1noc(C)c1CN1CCN(C(=O)CCC(C)N)CC1. The summed E-state index contributed by atoms with van der Waals surface area (Å²) in [5.74, 6) is 1.12. The molecule has 0 radical (unpaired) electrons. The number of nitrogens with two attached hydrogens (primary N) is 1. The standard InChI is InChI=1S/C15H26N4O2/c1-11(16)4-5-15(20)19-8-6-18(7-9-19)10-14-12(2)17-21-13(14)3/h11H,4-10,16H2,1-3H3. The number of rotatable bonds is 5. The van der Waals surface area contributed by atoms with Crippen LogP contribution < -0.4 is 5.73 Å². The Balaban J connectivity index is 1.79. The molecule has 2 rings (SSSR count). The van der Waals surface area contributed by atoms with Gasteiger partial charge in [0.15, 0.2) is 0 Å². The number of nitrogens with zero attached hydrogens (tertiary/aromatic N) is 3. The third kappa shape index (κ3) is 4.28. The number of hydrogen-bond donors (Lipinski definition) is 1. The van der Waals surface area contributed by atoms with E-state index < -0.39 is 0 Å². The average molecular weight is 294 g/mol. The zero-order valence-corrected chi connectivity index (χ0v) is 13.3. The van der Waals surface area contributed by atoms with Gasteiger partial charge in [0.05, 0.1) is 5.69 Å². The van der Waals surface area contributed by atoms with Crippen molar-refractivity contribution in [2.45, 2.75) is 46.2 Å². The van der Waals surface area contributed by atoms with Crippen LogP contribution in [0.5, 0.6) is 0 Å². The van der Waals surface area contributed by atoms with Crippen LogP contribution in [0.15, 0.2) is 4.52 Å². The maximum Gasteiger partial charge on any atom is 0.222 e. The fourth-order valence-electron chi connectivity index (χ4n) is 2.62. The van der Waals surface area contributed by atoms with Crippen molar-refractivity contribution >= 4 is 5.91 Å². The topological polar surface area (TPSA) is 75.6 Å². The zero-order chi connectivity index (χ0) is 15.4. The van der Waals surface area contributed by atoms with E-state index in [0.717, 1.165) is 50.6 Å². The van der Waals surface area contributed by atoms with Crippen molar-refractivity contribution in [3.8, 4) is 0 Å². The first-order valence-corrected chi connectivity index (χ1v) is 7.65. The van der Waals surface area contributed by atoms with Gasteiger partial charge in [0.2, 0.25) is 5.91 Å². The van der Waals surface area contributed by atoms with Crippen molar-refractivity contribution < 1.29 is 9.32 Å². The zero-order valence-electron chi connectivity index (χ0n) is 13.3. The summed E-state index contributed by atoms with van der Waals surface area (Å²) < 4.78 is 5.20. The lowest BCUT2D eigenvalue weighted by molar-refractivity contribution is -0.133. The molecular weight excluding hydrogens is 268 g/mol. The Morgan fingerprint density at radius 3 is 2.52 bits per heavy atom. The molecule has 118 valence electrons. The van der Waals surface area contributed by atoms with Crippen LogP contribution in [0.4, 0.5) is 0 Å². The number of aromatic nitrogens is 1. The van der Waals surface area contributed by atoms with Crippen LogP contribution in [0.1, 0.15) is 36.8 Å². The maximum absolute atomic E-state index is 12.1. The second kappa shape index (κ2) is 7.04. The minimum absolute atomic E-state index is 0.0924. The first kappa shape index (κ1) is 16.0. The van der Waals surface area contributed by atoms with Gasteiger partial charge >= 0.3 is 0 Å². The van der Waals surface area contributed by atoms with Crippen LogP contribution >= 0.6 is 0 Å². The molecule has 0 aliphatic carbocycles. The quantitative estimate of drug-likeness (QED) is 0.879. The van der Waals surface area contributed by atoms with Crippen molar-refractivity contribution in [2.24, 2.45) is 5.73 Å². The van der Waals surface area contributed by atoms with Crippen LogP contribution in [0, 0.1) is 13.8 Å². The van der Waals surface area contributed by atoms with Crippen LogP contribution in [-0.2, 0) is 11.3 Å². The molecule has 1 aliphatic rings. The van der Waals surface area contributed by atoms with E-state index in [4.69, 9.17) is 10.3 Å². The van der Waals surface area contributed by atoms with Crippen LogP contribution in [-0.4, -0.2) is 53.1 Å². The number of hydrogen-bond acceptors (Lipinski definition) is 5. The van der Waals surface area contributed by atoms with Gasteiger partial charge in [-0.05, 0) is 27.2 Å². The van der Waals surface area contributed by atoms with Gasteiger partial charge in [-0.3, -0.25) is 9.69 Å². The molecule has 1 atom stereocenters. The molecule has 1 saturated heterocycles. The summed E-state index contributed by atoms with van der Waals surface area (Å²) >= 11 is 0. The highest BCUT2D eigenvalue weighted by atomic mass is 16.5. The summed E-state index contributed by atoms with van der Waals surface area (Å²) in [4.78, 5) is 16.4. The molecule has 0 saturated carbocycles. The van der Waals surface area contributed by atoms with Crippen molar-refractivity contribution in [2.75, 3.05) is 26.2 Å². The Bertz CT molecular complexity index is 457. The second-order valence-corrected chi connectivity index (χ2v) is 5.98. The average Bonchev–Trinajstić information content (AvgIpc) is 2.77. The number of aryl methyl sites for hydroxylation is 2. The first-order chi connectivity index (χ1) is 9.97. The largest absolute Gasteiger partial charge is 0.361 e. The predicted octanol–water partition coefficient (Wildman–Crippen LogP) is 1.06. The third-order valence-corrected chi connectivity index (χ3v) is 4.10. The Morgan fingerprint density at radius 1 is 1.33 bits per heavy atom. The summed E-state index contributed by atoms with van der Waals surface area (Å²) in [5.41, 5.74) is 7.84. The van der Waals surface area contributed by atoms with Crippen LogP contribution in [0.2, 0.25) is 0 Å². The van der Waals surface area contributed by atoms with Crippen LogP contribution in [0.25, 0.3) is 0 Å².